The SMILES string of the molecule is CO[As]1O[C@H](C)C[C@H](C)O1. The molecule has 1 rings (SSSR count). The molecule has 0 saturated carbocycles. The zero-order chi connectivity index (χ0) is 7.56. The van der Waals surface area contributed by atoms with E-state index < -0.39 is 15.7 Å². The Morgan fingerprint density at radius 2 is 1.80 bits per heavy atom. The first-order valence-electron chi connectivity index (χ1n) is 3.40. The van der Waals surface area contributed by atoms with Crippen LogP contribution >= 0.6 is 0 Å². The number of hydrogen-bond donors (Lipinski definition) is 0. The summed E-state index contributed by atoms with van der Waals surface area (Å²) >= 11 is -1.78. The second-order valence-corrected chi connectivity index (χ2v) is 5.06. The Balaban J connectivity index is 2.35. The maximum atomic E-state index is 5.41. The van der Waals surface area contributed by atoms with Crippen LogP contribution in [0.4, 0.5) is 0 Å². The standard InChI is InChI=1S/C6H13AsO3/c1-5-4-6(2)10-7(8-3)9-5/h5-6H,4H2,1-3H3/t5-,6+,7?. The third-order valence-electron chi connectivity index (χ3n) is 1.34. The van der Waals surface area contributed by atoms with Crippen molar-refractivity contribution >= 4 is 15.7 Å². The van der Waals surface area contributed by atoms with Gasteiger partial charge in [-0.25, -0.2) is 0 Å². The van der Waals surface area contributed by atoms with Gasteiger partial charge in [0.05, 0.1) is 0 Å². The van der Waals surface area contributed by atoms with Crippen molar-refractivity contribution in [1.29, 1.82) is 0 Å². The minimum atomic E-state index is -1.78. The van der Waals surface area contributed by atoms with E-state index in [1.54, 1.807) is 7.11 Å². The van der Waals surface area contributed by atoms with Gasteiger partial charge in [0, 0.05) is 0 Å². The van der Waals surface area contributed by atoms with Crippen molar-refractivity contribution in [3.8, 4) is 0 Å². The Hall–Kier alpha value is 0.438. The Bertz CT molecular complexity index is 99.2. The fourth-order valence-electron chi connectivity index (χ4n) is 0.958. The number of rotatable bonds is 1. The molecule has 1 fully saturated rings. The van der Waals surface area contributed by atoms with Gasteiger partial charge in [0.2, 0.25) is 0 Å². The Morgan fingerprint density at radius 1 is 1.30 bits per heavy atom. The average Bonchev–Trinajstić information content (AvgIpc) is 1.85. The number of hydrogen-bond acceptors (Lipinski definition) is 3. The molecule has 0 aliphatic carbocycles. The van der Waals surface area contributed by atoms with Crippen molar-refractivity contribution < 1.29 is 11.2 Å². The quantitative estimate of drug-likeness (QED) is 0.597. The normalized spacial score (nSPS) is 41.7. The van der Waals surface area contributed by atoms with E-state index in [1.807, 2.05) is 0 Å². The van der Waals surface area contributed by atoms with Gasteiger partial charge in [-0.05, 0) is 0 Å². The molecule has 0 radical (unpaired) electrons. The molecule has 0 N–H and O–H groups in total. The molecule has 1 aliphatic rings. The van der Waals surface area contributed by atoms with Gasteiger partial charge in [0.1, 0.15) is 0 Å². The van der Waals surface area contributed by atoms with Gasteiger partial charge in [-0.15, -0.1) is 0 Å². The van der Waals surface area contributed by atoms with E-state index >= 15 is 0 Å². The first kappa shape index (κ1) is 8.53. The van der Waals surface area contributed by atoms with Crippen LogP contribution in [-0.4, -0.2) is 35.0 Å². The van der Waals surface area contributed by atoms with Crippen LogP contribution in [0.5, 0.6) is 0 Å². The fourth-order valence-corrected chi connectivity index (χ4v) is 3.02. The van der Waals surface area contributed by atoms with Crippen LogP contribution in [0, 0.1) is 0 Å². The molecule has 10 heavy (non-hydrogen) atoms. The van der Waals surface area contributed by atoms with Crippen molar-refractivity contribution in [3.63, 3.8) is 0 Å². The van der Waals surface area contributed by atoms with Gasteiger partial charge in [-0.2, -0.15) is 0 Å². The van der Waals surface area contributed by atoms with Gasteiger partial charge < -0.3 is 0 Å². The van der Waals surface area contributed by atoms with Crippen LogP contribution in [0.25, 0.3) is 0 Å². The molecule has 0 aromatic heterocycles. The Morgan fingerprint density at radius 3 is 2.20 bits per heavy atom. The molecule has 1 aliphatic heterocycles. The molecule has 0 spiro atoms. The summed E-state index contributed by atoms with van der Waals surface area (Å²) in [5.74, 6) is 0. The van der Waals surface area contributed by atoms with Crippen LogP contribution in [0.3, 0.4) is 0 Å². The van der Waals surface area contributed by atoms with Gasteiger partial charge in [0.25, 0.3) is 0 Å². The summed E-state index contributed by atoms with van der Waals surface area (Å²) in [5, 5.41) is 0. The van der Waals surface area contributed by atoms with E-state index in [9.17, 15) is 0 Å². The van der Waals surface area contributed by atoms with E-state index in [0.717, 1.165) is 6.42 Å². The summed E-state index contributed by atoms with van der Waals surface area (Å²) in [7, 11) is 1.64. The monoisotopic (exact) mass is 208 g/mol. The predicted octanol–water partition coefficient (Wildman–Crippen LogP) is 0.832. The fraction of sp³-hybridized carbons (Fsp3) is 1.00. The van der Waals surface area contributed by atoms with E-state index in [2.05, 4.69) is 13.8 Å². The molecule has 0 aromatic rings. The van der Waals surface area contributed by atoms with Gasteiger partial charge in [-0.3, -0.25) is 0 Å². The third-order valence-corrected chi connectivity index (χ3v) is 4.20. The van der Waals surface area contributed by atoms with Crippen molar-refractivity contribution in [2.75, 3.05) is 7.11 Å². The first-order valence-corrected chi connectivity index (χ1v) is 5.70. The molecule has 3 nitrogen and oxygen atoms in total. The van der Waals surface area contributed by atoms with Crippen molar-refractivity contribution in [1.82, 2.24) is 0 Å². The van der Waals surface area contributed by atoms with E-state index in [0.29, 0.717) is 12.2 Å². The first-order chi connectivity index (χ1) is 4.72. The van der Waals surface area contributed by atoms with E-state index in [4.69, 9.17) is 11.2 Å². The molecule has 0 amide bonds. The average molecular weight is 208 g/mol. The van der Waals surface area contributed by atoms with Crippen LogP contribution < -0.4 is 0 Å². The molecule has 4 heteroatoms. The Labute approximate surface area is 67.0 Å². The molecule has 60 valence electrons. The summed E-state index contributed by atoms with van der Waals surface area (Å²) in [5.41, 5.74) is 0. The zero-order valence-electron chi connectivity index (χ0n) is 6.53. The predicted molar refractivity (Wildman–Crippen MR) is 38.5 cm³/mol. The molecule has 0 aromatic carbocycles. The van der Waals surface area contributed by atoms with Crippen LogP contribution in [-0.2, 0) is 11.2 Å². The molecule has 1 unspecified atom stereocenters. The molecular formula is C6H13AsO3. The van der Waals surface area contributed by atoms with Crippen molar-refractivity contribution in [2.45, 2.75) is 32.5 Å². The molecule has 1 heterocycles. The molecule has 1 saturated heterocycles. The van der Waals surface area contributed by atoms with Crippen molar-refractivity contribution in [2.24, 2.45) is 0 Å². The van der Waals surface area contributed by atoms with E-state index in [-0.39, 0.29) is 0 Å². The summed E-state index contributed by atoms with van der Waals surface area (Å²) in [6.45, 7) is 4.11. The molecule has 0 bridgehead atoms. The Kier molecular flexibility index (Phi) is 3.18. The third kappa shape index (κ3) is 2.24. The minimum absolute atomic E-state index is 0.309. The van der Waals surface area contributed by atoms with Gasteiger partial charge >= 0.3 is 66.4 Å². The summed E-state index contributed by atoms with van der Waals surface area (Å²) in [4.78, 5) is 0. The van der Waals surface area contributed by atoms with Crippen LogP contribution in [0.2, 0.25) is 0 Å². The summed E-state index contributed by atoms with van der Waals surface area (Å²) < 4.78 is 15.8. The zero-order valence-corrected chi connectivity index (χ0v) is 8.41. The summed E-state index contributed by atoms with van der Waals surface area (Å²) in [6.07, 6.45) is 1.60. The maximum absolute atomic E-state index is 5.41. The van der Waals surface area contributed by atoms with Crippen molar-refractivity contribution in [3.05, 3.63) is 0 Å². The topological polar surface area (TPSA) is 27.7 Å². The van der Waals surface area contributed by atoms with Crippen LogP contribution in [0.1, 0.15) is 20.3 Å². The second-order valence-electron chi connectivity index (χ2n) is 2.47. The second kappa shape index (κ2) is 3.72. The van der Waals surface area contributed by atoms with Crippen LogP contribution in [0.15, 0.2) is 0 Å². The van der Waals surface area contributed by atoms with Gasteiger partial charge in [0.15, 0.2) is 0 Å². The summed E-state index contributed by atoms with van der Waals surface area (Å²) in [6, 6.07) is 0. The van der Waals surface area contributed by atoms with E-state index in [1.165, 1.54) is 0 Å². The van der Waals surface area contributed by atoms with Gasteiger partial charge in [-0.1, -0.05) is 0 Å². The molecular weight excluding hydrogens is 195 g/mol. The molecule has 3 atom stereocenters.